The Hall–Kier alpha value is -0.410. The molecule has 0 aliphatic carbocycles. The Kier molecular flexibility index (Phi) is 3.23. The summed E-state index contributed by atoms with van der Waals surface area (Å²) in [5.41, 5.74) is 0. The molecule has 0 aliphatic rings. The van der Waals surface area contributed by atoms with Crippen LogP contribution in [0.1, 0.15) is 31.7 Å². The first kappa shape index (κ1) is 9.68. The van der Waals surface area contributed by atoms with Gasteiger partial charge in [0.1, 0.15) is 0 Å². The van der Waals surface area contributed by atoms with Gasteiger partial charge < -0.3 is 0 Å². The Morgan fingerprint density at radius 2 is 2.08 bits per heavy atom. The summed E-state index contributed by atoms with van der Waals surface area (Å²) in [7, 11) is 2.15. The van der Waals surface area contributed by atoms with Crippen molar-refractivity contribution < 1.29 is 0 Å². The topological polar surface area (TPSA) is 16.1 Å². The van der Waals surface area contributed by atoms with Crippen molar-refractivity contribution in [2.75, 3.05) is 7.05 Å². The van der Waals surface area contributed by atoms with Gasteiger partial charge in [-0.1, -0.05) is 0 Å². The molecule has 0 aliphatic heterocycles. The van der Waals surface area contributed by atoms with Gasteiger partial charge in [0.15, 0.2) is 0 Å². The highest BCUT2D eigenvalue weighted by atomic mass is 32.1. The third-order valence-electron chi connectivity index (χ3n) is 2.29. The summed E-state index contributed by atoms with van der Waals surface area (Å²) in [4.78, 5) is 3.68. The molecule has 2 nitrogen and oxygen atoms in total. The third-order valence-corrected chi connectivity index (χ3v) is 3.21. The maximum atomic E-state index is 4.10. The van der Waals surface area contributed by atoms with Crippen LogP contribution in [0.15, 0.2) is 12.3 Å². The van der Waals surface area contributed by atoms with Crippen LogP contribution in [0.5, 0.6) is 0 Å². The lowest BCUT2D eigenvalue weighted by atomic mass is 10.2. The molecule has 0 aromatic carbocycles. The van der Waals surface area contributed by atoms with Gasteiger partial charge in [-0.15, -0.1) is 0 Å². The number of aromatic nitrogens is 1. The van der Waals surface area contributed by atoms with Crippen molar-refractivity contribution in [3.63, 3.8) is 0 Å². The van der Waals surface area contributed by atoms with Gasteiger partial charge in [0, 0.05) is 23.2 Å². The molecule has 1 heterocycles. The monoisotopic (exact) mass is 184 g/mol. The van der Waals surface area contributed by atoms with Gasteiger partial charge in [0.25, 0.3) is 0 Å². The normalized spacial score (nSPS) is 14.2. The molecule has 0 radical (unpaired) electrons. The fourth-order valence-corrected chi connectivity index (χ4v) is 1.77. The highest BCUT2D eigenvalue weighted by Crippen LogP contribution is 2.22. The molecule has 0 amide bonds. The van der Waals surface area contributed by atoms with Gasteiger partial charge in [-0.2, -0.15) is 0 Å². The minimum Gasteiger partial charge on any atom is -0.296 e. The molecule has 1 aromatic heterocycles. The van der Waals surface area contributed by atoms with E-state index in [4.69, 9.17) is 0 Å². The smallest absolute Gasteiger partial charge is 0.0428 e. The number of nitrogens with zero attached hydrogens (tertiary/aromatic N) is 2. The second kappa shape index (κ2) is 4.01. The van der Waals surface area contributed by atoms with Crippen molar-refractivity contribution >= 4 is 11.5 Å². The summed E-state index contributed by atoms with van der Waals surface area (Å²) in [6.45, 7) is 6.63. The molecule has 0 N–H and O–H groups in total. The summed E-state index contributed by atoms with van der Waals surface area (Å²) in [6.07, 6.45) is 1.87. The molecule has 1 unspecified atom stereocenters. The van der Waals surface area contributed by atoms with Crippen molar-refractivity contribution in [3.05, 3.63) is 17.1 Å². The van der Waals surface area contributed by atoms with E-state index in [1.165, 1.54) is 4.88 Å². The van der Waals surface area contributed by atoms with Crippen LogP contribution in [0.25, 0.3) is 0 Å². The molecular weight excluding hydrogens is 168 g/mol. The lowest BCUT2D eigenvalue weighted by Gasteiger charge is -2.27. The molecule has 0 fully saturated rings. The summed E-state index contributed by atoms with van der Waals surface area (Å²) >= 11 is 1.59. The fraction of sp³-hybridized carbons (Fsp3) is 0.667. The number of hydrogen-bond acceptors (Lipinski definition) is 3. The summed E-state index contributed by atoms with van der Waals surface area (Å²) in [5, 5.41) is 0. The van der Waals surface area contributed by atoms with E-state index in [0.717, 1.165) is 0 Å². The maximum absolute atomic E-state index is 4.10. The standard InChI is InChI=1S/C9H16N2S/c1-7(2)11(4)8(3)9-5-6-10-12-9/h5-8H,1-4H3. The Morgan fingerprint density at radius 3 is 2.50 bits per heavy atom. The zero-order valence-corrected chi connectivity index (χ0v) is 8.93. The molecular formula is C9H16N2S. The van der Waals surface area contributed by atoms with Gasteiger partial charge in [-0.05, 0) is 45.4 Å². The number of rotatable bonds is 3. The first-order chi connectivity index (χ1) is 5.63. The minimum absolute atomic E-state index is 0.484. The molecule has 68 valence electrons. The van der Waals surface area contributed by atoms with Gasteiger partial charge in [-0.25, -0.2) is 4.37 Å². The van der Waals surface area contributed by atoms with E-state index >= 15 is 0 Å². The fourth-order valence-electron chi connectivity index (χ4n) is 1.09. The van der Waals surface area contributed by atoms with Crippen molar-refractivity contribution in [2.24, 2.45) is 0 Å². The molecule has 1 atom stereocenters. The first-order valence-corrected chi connectivity index (χ1v) is 5.02. The lowest BCUT2D eigenvalue weighted by Crippen LogP contribution is -2.28. The van der Waals surface area contributed by atoms with Crippen LogP contribution in [0, 0.1) is 0 Å². The van der Waals surface area contributed by atoms with Crippen LogP contribution in [-0.4, -0.2) is 22.4 Å². The molecule has 1 rings (SSSR count). The Bertz CT molecular complexity index is 218. The lowest BCUT2D eigenvalue weighted by molar-refractivity contribution is 0.213. The second-order valence-corrected chi connectivity index (χ2v) is 4.21. The predicted molar refractivity (Wildman–Crippen MR) is 53.4 cm³/mol. The quantitative estimate of drug-likeness (QED) is 0.717. The Balaban J connectivity index is 2.65. The van der Waals surface area contributed by atoms with Gasteiger partial charge in [0.2, 0.25) is 0 Å². The highest BCUT2D eigenvalue weighted by molar-refractivity contribution is 7.05. The predicted octanol–water partition coefficient (Wildman–Crippen LogP) is 2.54. The van der Waals surface area contributed by atoms with Crippen molar-refractivity contribution in [1.29, 1.82) is 0 Å². The summed E-state index contributed by atoms with van der Waals surface area (Å²) < 4.78 is 4.10. The van der Waals surface area contributed by atoms with E-state index in [9.17, 15) is 0 Å². The van der Waals surface area contributed by atoms with E-state index in [2.05, 4.69) is 43.2 Å². The van der Waals surface area contributed by atoms with Gasteiger partial charge in [0.05, 0.1) is 0 Å². The zero-order chi connectivity index (χ0) is 9.14. The van der Waals surface area contributed by atoms with Crippen LogP contribution in [0.4, 0.5) is 0 Å². The van der Waals surface area contributed by atoms with E-state index in [1.807, 2.05) is 6.20 Å². The van der Waals surface area contributed by atoms with Crippen LogP contribution in [0.3, 0.4) is 0 Å². The number of hydrogen-bond donors (Lipinski definition) is 0. The van der Waals surface area contributed by atoms with Crippen molar-refractivity contribution in [2.45, 2.75) is 32.9 Å². The molecule has 12 heavy (non-hydrogen) atoms. The Morgan fingerprint density at radius 1 is 1.42 bits per heavy atom. The SMILES string of the molecule is CC(C)N(C)C(C)c1ccns1. The molecule has 0 saturated heterocycles. The van der Waals surface area contributed by atoms with E-state index in [1.54, 1.807) is 11.5 Å². The average Bonchev–Trinajstić information content (AvgIpc) is 2.53. The van der Waals surface area contributed by atoms with Crippen molar-refractivity contribution in [3.8, 4) is 0 Å². The van der Waals surface area contributed by atoms with Crippen LogP contribution >= 0.6 is 11.5 Å². The molecule has 0 spiro atoms. The first-order valence-electron chi connectivity index (χ1n) is 4.25. The third kappa shape index (κ3) is 2.05. The van der Waals surface area contributed by atoms with Gasteiger partial charge >= 0.3 is 0 Å². The van der Waals surface area contributed by atoms with Crippen LogP contribution in [0.2, 0.25) is 0 Å². The second-order valence-electron chi connectivity index (χ2n) is 3.35. The molecule has 0 bridgehead atoms. The minimum atomic E-state index is 0.484. The Labute approximate surface area is 78.4 Å². The highest BCUT2D eigenvalue weighted by Gasteiger charge is 2.14. The van der Waals surface area contributed by atoms with E-state index in [0.29, 0.717) is 12.1 Å². The van der Waals surface area contributed by atoms with Gasteiger partial charge in [-0.3, -0.25) is 4.90 Å². The van der Waals surface area contributed by atoms with E-state index < -0.39 is 0 Å². The van der Waals surface area contributed by atoms with Crippen molar-refractivity contribution in [1.82, 2.24) is 9.27 Å². The van der Waals surface area contributed by atoms with Crippen LogP contribution in [-0.2, 0) is 0 Å². The molecule has 3 heteroatoms. The van der Waals surface area contributed by atoms with Crippen LogP contribution < -0.4 is 0 Å². The maximum Gasteiger partial charge on any atom is 0.0428 e. The summed E-state index contributed by atoms with van der Waals surface area (Å²) in [6, 6.07) is 3.16. The zero-order valence-electron chi connectivity index (χ0n) is 8.11. The molecule has 1 aromatic rings. The average molecular weight is 184 g/mol. The van der Waals surface area contributed by atoms with E-state index in [-0.39, 0.29) is 0 Å². The molecule has 0 saturated carbocycles. The largest absolute Gasteiger partial charge is 0.296 e. The summed E-state index contributed by atoms with van der Waals surface area (Å²) in [5.74, 6) is 0.